The molecule has 0 bridgehead atoms. The predicted molar refractivity (Wildman–Crippen MR) is 65.1 cm³/mol. The Labute approximate surface area is 97.3 Å². The summed E-state index contributed by atoms with van der Waals surface area (Å²) >= 11 is 0. The highest BCUT2D eigenvalue weighted by atomic mass is 16.3. The molecule has 0 fully saturated rings. The average molecular weight is 217 g/mol. The van der Waals surface area contributed by atoms with Crippen molar-refractivity contribution in [3.63, 3.8) is 0 Å². The molecule has 1 aromatic rings. The lowest BCUT2D eigenvalue weighted by Gasteiger charge is -2.22. The van der Waals surface area contributed by atoms with Gasteiger partial charge < -0.3 is 9.67 Å². The van der Waals surface area contributed by atoms with Crippen molar-refractivity contribution in [2.45, 2.75) is 51.2 Å². The van der Waals surface area contributed by atoms with E-state index in [9.17, 15) is 5.11 Å². The van der Waals surface area contributed by atoms with Crippen LogP contribution in [0.2, 0.25) is 0 Å². The van der Waals surface area contributed by atoms with Gasteiger partial charge in [0, 0.05) is 17.5 Å². The largest absolute Gasteiger partial charge is 0.388 e. The van der Waals surface area contributed by atoms with Crippen molar-refractivity contribution >= 4 is 0 Å². The molecular formula is C14H19NO. The van der Waals surface area contributed by atoms with Crippen LogP contribution >= 0.6 is 0 Å². The third kappa shape index (κ3) is 1.88. The minimum Gasteiger partial charge on any atom is -0.388 e. The molecular weight excluding hydrogens is 198 g/mol. The molecule has 0 amide bonds. The van der Waals surface area contributed by atoms with E-state index < -0.39 is 0 Å². The SMILES string of the molecule is C#CC(CCC)n1ccc2c1CCCC2O. The van der Waals surface area contributed by atoms with Gasteiger partial charge in [-0.2, -0.15) is 0 Å². The van der Waals surface area contributed by atoms with Crippen LogP contribution in [0.5, 0.6) is 0 Å². The van der Waals surface area contributed by atoms with Gasteiger partial charge in [0.2, 0.25) is 0 Å². The molecule has 0 spiro atoms. The molecule has 0 saturated carbocycles. The van der Waals surface area contributed by atoms with Crippen LogP contribution in [0.25, 0.3) is 0 Å². The highest BCUT2D eigenvalue weighted by Gasteiger charge is 2.23. The number of aliphatic hydroxyl groups is 1. The van der Waals surface area contributed by atoms with E-state index in [0.717, 1.165) is 37.7 Å². The first-order chi connectivity index (χ1) is 7.77. The van der Waals surface area contributed by atoms with Gasteiger partial charge >= 0.3 is 0 Å². The Kier molecular flexibility index (Phi) is 3.36. The molecule has 2 atom stereocenters. The predicted octanol–water partition coefficient (Wildman–Crippen LogP) is 2.83. The Balaban J connectivity index is 2.32. The summed E-state index contributed by atoms with van der Waals surface area (Å²) in [7, 11) is 0. The van der Waals surface area contributed by atoms with E-state index in [4.69, 9.17) is 6.42 Å². The average Bonchev–Trinajstić information content (AvgIpc) is 2.71. The molecule has 86 valence electrons. The molecule has 0 aromatic carbocycles. The maximum Gasteiger partial charge on any atom is 0.0941 e. The number of terminal acetylenes is 1. The first-order valence-electron chi connectivity index (χ1n) is 6.11. The van der Waals surface area contributed by atoms with E-state index in [2.05, 4.69) is 17.4 Å². The number of hydrogen-bond donors (Lipinski definition) is 1. The van der Waals surface area contributed by atoms with E-state index in [-0.39, 0.29) is 12.1 Å². The Hall–Kier alpha value is -1.20. The van der Waals surface area contributed by atoms with Crippen LogP contribution in [-0.2, 0) is 6.42 Å². The van der Waals surface area contributed by atoms with Gasteiger partial charge in [0.1, 0.15) is 0 Å². The maximum absolute atomic E-state index is 9.89. The third-order valence-electron chi connectivity index (χ3n) is 3.40. The monoisotopic (exact) mass is 217 g/mol. The first kappa shape index (κ1) is 11.3. The van der Waals surface area contributed by atoms with Crippen LogP contribution in [-0.4, -0.2) is 9.67 Å². The van der Waals surface area contributed by atoms with Crippen LogP contribution in [0.4, 0.5) is 0 Å². The highest BCUT2D eigenvalue weighted by Crippen LogP contribution is 2.32. The zero-order chi connectivity index (χ0) is 11.5. The van der Waals surface area contributed by atoms with Gasteiger partial charge in [-0.15, -0.1) is 6.42 Å². The smallest absolute Gasteiger partial charge is 0.0941 e. The summed E-state index contributed by atoms with van der Waals surface area (Å²) in [5.74, 6) is 2.85. The molecule has 0 aliphatic heterocycles. The lowest BCUT2D eigenvalue weighted by molar-refractivity contribution is 0.155. The summed E-state index contributed by atoms with van der Waals surface area (Å²) in [4.78, 5) is 0. The van der Waals surface area contributed by atoms with Crippen LogP contribution < -0.4 is 0 Å². The minimum absolute atomic E-state index is 0.152. The van der Waals surface area contributed by atoms with Crippen molar-refractivity contribution in [3.05, 3.63) is 23.5 Å². The zero-order valence-corrected chi connectivity index (χ0v) is 9.82. The fraction of sp³-hybridized carbons (Fsp3) is 0.571. The standard InChI is InChI=1S/C14H19NO/c1-3-6-11(4-2)15-10-9-12-13(15)7-5-8-14(12)16/h2,9-11,14,16H,3,5-8H2,1H3. The van der Waals surface area contributed by atoms with Gasteiger partial charge in [0.15, 0.2) is 0 Å². The Morgan fingerprint density at radius 1 is 1.69 bits per heavy atom. The topological polar surface area (TPSA) is 25.2 Å². The first-order valence-corrected chi connectivity index (χ1v) is 6.11. The molecule has 0 saturated heterocycles. The molecule has 2 heteroatoms. The molecule has 1 heterocycles. The van der Waals surface area contributed by atoms with Gasteiger partial charge in [0.25, 0.3) is 0 Å². The number of nitrogens with zero attached hydrogens (tertiary/aromatic N) is 1. The van der Waals surface area contributed by atoms with Crippen molar-refractivity contribution < 1.29 is 5.11 Å². The fourth-order valence-corrected chi connectivity index (χ4v) is 2.56. The van der Waals surface area contributed by atoms with E-state index >= 15 is 0 Å². The molecule has 1 aromatic heterocycles. The van der Waals surface area contributed by atoms with Crippen LogP contribution in [0.15, 0.2) is 12.3 Å². The van der Waals surface area contributed by atoms with Gasteiger partial charge in [-0.05, 0) is 31.7 Å². The van der Waals surface area contributed by atoms with Gasteiger partial charge in [0.05, 0.1) is 12.1 Å². The molecule has 2 unspecified atom stereocenters. The van der Waals surface area contributed by atoms with Gasteiger partial charge in [-0.1, -0.05) is 19.3 Å². The molecule has 1 N–H and O–H groups in total. The Bertz CT molecular complexity index is 399. The van der Waals surface area contributed by atoms with Crippen molar-refractivity contribution in [2.75, 3.05) is 0 Å². The van der Waals surface area contributed by atoms with Crippen molar-refractivity contribution in [3.8, 4) is 12.3 Å². The fourth-order valence-electron chi connectivity index (χ4n) is 2.56. The summed E-state index contributed by atoms with van der Waals surface area (Å²) in [5, 5.41) is 9.89. The molecule has 0 radical (unpaired) electrons. The van der Waals surface area contributed by atoms with Gasteiger partial charge in [-0.25, -0.2) is 0 Å². The summed E-state index contributed by atoms with van der Waals surface area (Å²) in [6.07, 6.45) is 12.4. The molecule has 2 rings (SSSR count). The van der Waals surface area contributed by atoms with E-state index in [1.165, 1.54) is 5.69 Å². The van der Waals surface area contributed by atoms with Crippen LogP contribution in [0.1, 0.15) is 56.0 Å². The van der Waals surface area contributed by atoms with Crippen molar-refractivity contribution in [1.82, 2.24) is 4.57 Å². The van der Waals surface area contributed by atoms with Crippen LogP contribution in [0, 0.1) is 12.3 Å². The summed E-state index contributed by atoms with van der Waals surface area (Å²) in [6.45, 7) is 2.15. The summed E-state index contributed by atoms with van der Waals surface area (Å²) < 4.78 is 2.18. The molecule has 16 heavy (non-hydrogen) atoms. The van der Waals surface area contributed by atoms with E-state index in [1.54, 1.807) is 0 Å². The summed E-state index contributed by atoms with van der Waals surface area (Å²) in [6, 6.07) is 2.18. The van der Waals surface area contributed by atoms with Crippen LogP contribution in [0.3, 0.4) is 0 Å². The number of aliphatic hydroxyl groups excluding tert-OH is 1. The van der Waals surface area contributed by atoms with Gasteiger partial charge in [-0.3, -0.25) is 0 Å². The Morgan fingerprint density at radius 3 is 3.19 bits per heavy atom. The van der Waals surface area contributed by atoms with E-state index in [0.29, 0.717) is 0 Å². The number of fused-ring (bicyclic) bond motifs is 1. The lowest BCUT2D eigenvalue weighted by Crippen LogP contribution is -2.15. The normalized spacial score (nSPS) is 21.2. The third-order valence-corrected chi connectivity index (χ3v) is 3.40. The second-order valence-electron chi connectivity index (χ2n) is 4.50. The lowest BCUT2D eigenvalue weighted by atomic mass is 9.95. The number of rotatable bonds is 3. The second kappa shape index (κ2) is 4.76. The second-order valence-corrected chi connectivity index (χ2v) is 4.50. The zero-order valence-electron chi connectivity index (χ0n) is 9.82. The maximum atomic E-state index is 9.89. The highest BCUT2D eigenvalue weighted by molar-refractivity contribution is 5.29. The summed E-state index contributed by atoms with van der Waals surface area (Å²) in [5.41, 5.74) is 2.33. The Morgan fingerprint density at radius 2 is 2.50 bits per heavy atom. The quantitative estimate of drug-likeness (QED) is 0.774. The minimum atomic E-state index is -0.287. The van der Waals surface area contributed by atoms with E-state index in [1.807, 2.05) is 12.3 Å². The van der Waals surface area contributed by atoms with Crippen molar-refractivity contribution in [2.24, 2.45) is 0 Å². The molecule has 1 aliphatic rings. The molecule has 2 nitrogen and oxygen atoms in total. The number of hydrogen-bond acceptors (Lipinski definition) is 1. The number of aromatic nitrogens is 1. The molecule has 1 aliphatic carbocycles. The van der Waals surface area contributed by atoms with Crippen molar-refractivity contribution in [1.29, 1.82) is 0 Å².